The highest BCUT2D eigenvalue weighted by molar-refractivity contribution is 6.34. The van der Waals surface area contributed by atoms with Crippen molar-refractivity contribution in [2.75, 3.05) is 18.6 Å². The highest BCUT2D eigenvalue weighted by Gasteiger charge is 2.30. The second-order valence-electron chi connectivity index (χ2n) is 5.11. The number of anilines is 1. The highest BCUT2D eigenvalue weighted by Crippen LogP contribution is 2.33. The number of amides is 1. The fraction of sp³-hybridized carbons (Fsp3) is 0.176. The van der Waals surface area contributed by atoms with Gasteiger partial charge in [0.2, 0.25) is 0 Å². The van der Waals surface area contributed by atoms with Crippen molar-refractivity contribution in [3.63, 3.8) is 0 Å². The molecule has 0 aromatic heterocycles. The van der Waals surface area contributed by atoms with Crippen LogP contribution in [-0.4, -0.2) is 25.3 Å². The molecular weight excluding hydrogens is 321 g/mol. The molecule has 4 nitrogen and oxygen atoms in total. The summed E-state index contributed by atoms with van der Waals surface area (Å²) in [6, 6.07) is 8.93. The number of hydrogen-bond donors (Lipinski definition) is 0. The zero-order chi connectivity index (χ0) is 16.6. The molecule has 0 atom stereocenters. The summed E-state index contributed by atoms with van der Waals surface area (Å²) in [6.07, 6.45) is 0.178. The number of halogens is 2. The maximum absolute atomic E-state index is 14.0. The van der Waals surface area contributed by atoms with Crippen molar-refractivity contribution in [3.8, 4) is 5.75 Å². The van der Waals surface area contributed by atoms with Crippen molar-refractivity contribution >= 4 is 29.0 Å². The van der Waals surface area contributed by atoms with Crippen LogP contribution in [0.25, 0.3) is 0 Å². The second kappa shape index (κ2) is 6.01. The standard InChI is InChI=1S/C17H13ClFNO3/c1-23-10-5-6-11-14(9-10)20(8-7-15(11)21)17(22)16-12(18)3-2-4-13(16)19/h2-6,9H,7-8H2,1H3. The molecule has 1 heterocycles. The monoisotopic (exact) mass is 333 g/mol. The van der Waals surface area contributed by atoms with E-state index in [1.54, 1.807) is 18.2 Å². The van der Waals surface area contributed by atoms with Gasteiger partial charge in [-0.15, -0.1) is 0 Å². The first-order valence-electron chi connectivity index (χ1n) is 7.00. The first kappa shape index (κ1) is 15.5. The van der Waals surface area contributed by atoms with Crippen LogP contribution in [-0.2, 0) is 0 Å². The van der Waals surface area contributed by atoms with Gasteiger partial charge < -0.3 is 9.64 Å². The average Bonchev–Trinajstić information content (AvgIpc) is 2.54. The summed E-state index contributed by atoms with van der Waals surface area (Å²) in [4.78, 5) is 26.2. The third kappa shape index (κ3) is 2.68. The van der Waals surface area contributed by atoms with E-state index in [0.717, 1.165) is 0 Å². The molecule has 0 bridgehead atoms. The van der Waals surface area contributed by atoms with E-state index < -0.39 is 11.7 Å². The van der Waals surface area contributed by atoms with E-state index in [1.807, 2.05) is 0 Å². The highest BCUT2D eigenvalue weighted by atomic mass is 35.5. The molecule has 0 saturated carbocycles. The van der Waals surface area contributed by atoms with Gasteiger partial charge in [0.05, 0.1) is 23.4 Å². The van der Waals surface area contributed by atoms with Crippen LogP contribution < -0.4 is 9.64 Å². The molecule has 2 aromatic rings. The lowest BCUT2D eigenvalue weighted by atomic mass is 9.99. The minimum atomic E-state index is -0.691. The van der Waals surface area contributed by atoms with Crippen molar-refractivity contribution in [1.82, 2.24) is 0 Å². The van der Waals surface area contributed by atoms with E-state index in [2.05, 4.69) is 0 Å². The smallest absolute Gasteiger partial charge is 0.262 e. The third-order valence-corrected chi connectivity index (χ3v) is 4.10. The van der Waals surface area contributed by atoms with Gasteiger partial charge in [0.15, 0.2) is 5.78 Å². The van der Waals surface area contributed by atoms with Gasteiger partial charge in [-0.25, -0.2) is 4.39 Å². The Morgan fingerprint density at radius 2 is 2.09 bits per heavy atom. The van der Waals surface area contributed by atoms with Crippen molar-refractivity contribution in [3.05, 3.63) is 58.4 Å². The average molecular weight is 334 g/mol. The Labute approximate surface area is 137 Å². The van der Waals surface area contributed by atoms with Gasteiger partial charge in [-0.2, -0.15) is 0 Å². The van der Waals surface area contributed by atoms with Gasteiger partial charge in [-0.1, -0.05) is 17.7 Å². The predicted molar refractivity (Wildman–Crippen MR) is 85.0 cm³/mol. The molecule has 3 rings (SSSR count). The maximum atomic E-state index is 14.0. The summed E-state index contributed by atoms with van der Waals surface area (Å²) in [6.45, 7) is 0.169. The predicted octanol–water partition coefficient (Wildman–Crippen LogP) is 3.72. The van der Waals surface area contributed by atoms with Crippen LogP contribution in [0.3, 0.4) is 0 Å². The summed E-state index contributed by atoms with van der Waals surface area (Å²) in [7, 11) is 1.49. The quantitative estimate of drug-likeness (QED) is 0.841. The van der Waals surface area contributed by atoms with Gasteiger partial charge in [0, 0.05) is 24.6 Å². The number of benzene rings is 2. The lowest BCUT2D eigenvalue weighted by molar-refractivity contribution is 0.0953. The lowest BCUT2D eigenvalue weighted by Gasteiger charge is -2.29. The number of methoxy groups -OCH3 is 1. The minimum absolute atomic E-state index is 0.0383. The number of ketones is 1. The van der Waals surface area contributed by atoms with Gasteiger partial charge in [-0.05, 0) is 24.3 Å². The van der Waals surface area contributed by atoms with Crippen LogP contribution in [0.2, 0.25) is 5.02 Å². The molecule has 0 fully saturated rings. The minimum Gasteiger partial charge on any atom is -0.497 e. The SMILES string of the molecule is COc1ccc2c(c1)N(C(=O)c1c(F)cccc1Cl)CCC2=O. The van der Waals surface area contributed by atoms with E-state index in [0.29, 0.717) is 17.0 Å². The number of hydrogen-bond acceptors (Lipinski definition) is 3. The van der Waals surface area contributed by atoms with E-state index in [-0.39, 0.29) is 29.3 Å². The van der Waals surface area contributed by atoms with Crippen LogP contribution in [0, 0.1) is 5.82 Å². The number of fused-ring (bicyclic) bond motifs is 1. The summed E-state index contributed by atoms with van der Waals surface area (Å²) < 4.78 is 19.2. The molecular formula is C17H13ClFNO3. The molecule has 0 saturated heterocycles. The zero-order valence-corrected chi connectivity index (χ0v) is 13.1. The van der Waals surface area contributed by atoms with Gasteiger partial charge in [0.25, 0.3) is 5.91 Å². The number of rotatable bonds is 2. The number of carbonyl (C=O) groups is 2. The van der Waals surface area contributed by atoms with Crippen LogP contribution in [0.5, 0.6) is 5.75 Å². The molecule has 0 radical (unpaired) electrons. The summed E-state index contributed by atoms with van der Waals surface area (Å²) >= 11 is 5.98. The Morgan fingerprint density at radius 3 is 2.78 bits per heavy atom. The number of ether oxygens (including phenoxy) is 1. The Hall–Kier alpha value is -2.40. The van der Waals surface area contributed by atoms with Gasteiger partial charge in [-0.3, -0.25) is 9.59 Å². The molecule has 1 aliphatic heterocycles. The van der Waals surface area contributed by atoms with E-state index in [9.17, 15) is 14.0 Å². The van der Waals surface area contributed by atoms with Crippen LogP contribution >= 0.6 is 11.6 Å². The first-order chi connectivity index (χ1) is 11.0. The molecule has 23 heavy (non-hydrogen) atoms. The maximum Gasteiger partial charge on any atom is 0.262 e. The van der Waals surface area contributed by atoms with Crippen LogP contribution in [0.4, 0.5) is 10.1 Å². The number of nitrogens with zero attached hydrogens (tertiary/aromatic N) is 1. The Kier molecular flexibility index (Phi) is 4.05. The van der Waals surface area contributed by atoms with Crippen molar-refractivity contribution in [1.29, 1.82) is 0 Å². The summed E-state index contributed by atoms with van der Waals surface area (Å²) in [5, 5.41) is 0.0383. The molecule has 2 aromatic carbocycles. The molecule has 118 valence electrons. The summed E-state index contributed by atoms with van der Waals surface area (Å²) in [5.74, 6) is -0.818. The van der Waals surface area contributed by atoms with Crippen LogP contribution in [0.15, 0.2) is 36.4 Å². The van der Waals surface area contributed by atoms with Gasteiger partial charge in [0.1, 0.15) is 11.6 Å². The first-order valence-corrected chi connectivity index (χ1v) is 7.38. The summed E-state index contributed by atoms with van der Waals surface area (Å²) in [5.41, 5.74) is 0.625. The Bertz CT molecular complexity index is 786. The lowest BCUT2D eigenvalue weighted by Crippen LogP contribution is -2.38. The fourth-order valence-electron chi connectivity index (χ4n) is 2.61. The Morgan fingerprint density at radius 1 is 1.30 bits per heavy atom. The van der Waals surface area contributed by atoms with Crippen molar-refractivity contribution in [2.24, 2.45) is 0 Å². The third-order valence-electron chi connectivity index (χ3n) is 3.78. The molecule has 0 aliphatic carbocycles. The molecule has 0 N–H and O–H groups in total. The van der Waals surface area contributed by atoms with Gasteiger partial charge >= 0.3 is 0 Å². The van der Waals surface area contributed by atoms with Crippen molar-refractivity contribution in [2.45, 2.75) is 6.42 Å². The van der Waals surface area contributed by atoms with E-state index >= 15 is 0 Å². The molecule has 0 spiro atoms. The van der Waals surface area contributed by atoms with E-state index in [4.69, 9.17) is 16.3 Å². The normalized spacial score (nSPS) is 13.7. The molecule has 6 heteroatoms. The zero-order valence-electron chi connectivity index (χ0n) is 12.3. The number of carbonyl (C=O) groups excluding carboxylic acids is 2. The molecule has 1 amide bonds. The Balaban J connectivity index is 2.10. The molecule has 1 aliphatic rings. The largest absolute Gasteiger partial charge is 0.497 e. The molecule has 0 unspecified atom stereocenters. The number of Topliss-reactive ketones (excluding diaryl/α,β-unsaturated/α-hetero) is 1. The van der Waals surface area contributed by atoms with E-state index in [1.165, 1.54) is 30.2 Å². The van der Waals surface area contributed by atoms with Crippen molar-refractivity contribution < 1.29 is 18.7 Å². The van der Waals surface area contributed by atoms with Crippen LogP contribution in [0.1, 0.15) is 27.1 Å². The fourth-order valence-corrected chi connectivity index (χ4v) is 2.86. The second-order valence-corrected chi connectivity index (χ2v) is 5.52. The topological polar surface area (TPSA) is 46.6 Å².